The minimum absolute atomic E-state index is 0.383. The average Bonchev–Trinajstić information content (AvgIpc) is 2.70. The highest BCUT2D eigenvalue weighted by atomic mass is 15.2. The number of nitrogens with zero attached hydrogens (tertiary/aromatic N) is 1. The Morgan fingerprint density at radius 3 is 2.78 bits per heavy atom. The number of hydrogen-bond acceptors (Lipinski definition) is 2. The van der Waals surface area contributed by atoms with Crippen LogP contribution in [0.15, 0.2) is 48.5 Å². The number of rotatable bonds is 3. The van der Waals surface area contributed by atoms with E-state index in [0.717, 1.165) is 17.6 Å². The standard InChI is InChI=1S/C25H32N2/c26-23-8-3-7-22(16-23)25-12-4-9-24(17-25)27(14-13-25)18-19-10-11-20-5-1-2-6-21(20)15-19/h1-3,5-8,16,19,24H,4,9-15,17-18,26H2. The summed E-state index contributed by atoms with van der Waals surface area (Å²) in [5, 5.41) is 0. The van der Waals surface area contributed by atoms with Crippen molar-refractivity contribution in [3.05, 3.63) is 65.2 Å². The predicted octanol–water partition coefficient (Wildman–Crippen LogP) is 4.96. The van der Waals surface area contributed by atoms with E-state index in [1.54, 1.807) is 11.1 Å². The molecule has 3 unspecified atom stereocenters. The van der Waals surface area contributed by atoms with Gasteiger partial charge in [0, 0.05) is 18.3 Å². The van der Waals surface area contributed by atoms with Crippen molar-refractivity contribution in [3.8, 4) is 0 Å². The van der Waals surface area contributed by atoms with Crippen molar-refractivity contribution >= 4 is 5.69 Å². The van der Waals surface area contributed by atoms with Crippen molar-refractivity contribution in [1.82, 2.24) is 4.90 Å². The van der Waals surface area contributed by atoms with Gasteiger partial charge in [0.1, 0.15) is 0 Å². The van der Waals surface area contributed by atoms with E-state index in [-0.39, 0.29) is 0 Å². The maximum Gasteiger partial charge on any atom is 0.0316 e. The van der Waals surface area contributed by atoms with E-state index in [2.05, 4.69) is 47.4 Å². The molecule has 0 spiro atoms. The van der Waals surface area contributed by atoms with Crippen LogP contribution in [0.5, 0.6) is 0 Å². The van der Waals surface area contributed by atoms with E-state index in [4.69, 9.17) is 5.73 Å². The second kappa shape index (κ2) is 6.98. The molecule has 1 saturated heterocycles. The Bertz CT molecular complexity index is 813. The highest BCUT2D eigenvalue weighted by Gasteiger charge is 2.44. The van der Waals surface area contributed by atoms with E-state index in [9.17, 15) is 0 Å². The van der Waals surface area contributed by atoms with Crippen LogP contribution in [0, 0.1) is 5.92 Å². The van der Waals surface area contributed by atoms with Gasteiger partial charge in [-0.2, -0.15) is 0 Å². The van der Waals surface area contributed by atoms with Crippen LogP contribution in [0.1, 0.15) is 55.2 Å². The molecule has 2 aliphatic carbocycles. The molecule has 0 radical (unpaired) electrons. The van der Waals surface area contributed by atoms with Crippen LogP contribution >= 0.6 is 0 Å². The maximum absolute atomic E-state index is 6.11. The number of likely N-dealkylation sites (tertiary alicyclic amines) is 1. The molecule has 3 atom stereocenters. The lowest BCUT2D eigenvalue weighted by Crippen LogP contribution is -2.53. The van der Waals surface area contributed by atoms with Crippen molar-refractivity contribution in [2.45, 2.75) is 62.8 Å². The number of nitrogens with two attached hydrogens (primary N) is 1. The molecule has 1 saturated carbocycles. The van der Waals surface area contributed by atoms with Crippen molar-refractivity contribution in [3.63, 3.8) is 0 Å². The first-order chi connectivity index (χ1) is 13.2. The van der Waals surface area contributed by atoms with Crippen LogP contribution in [-0.2, 0) is 18.3 Å². The molecule has 0 amide bonds. The van der Waals surface area contributed by atoms with Crippen LogP contribution in [0.25, 0.3) is 0 Å². The first kappa shape index (κ1) is 17.3. The van der Waals surface area contributed by atoms with Crippen molar-refractivity contribution in [1.29, 1.82) is 0 Å². The fraction of sp³-hybridized carbons (Fsp3) is 0.520. The van der Waals surface area contributed by atoms with E-state index in [0.29, 0.717) is 5.41 Å². The fourth-order valence-electron chi connectivity index (χ4n) is 6.19. The van der Waals surface area contributed by atoms with Crippen LogP contribution in [0.3, 0.4) is 0 Å². The number of aryl methyl sites for hydroxylation is 1. The summed E-state index contributed by atoms with van der Waals surface area (Å²) in [5.74, 6) is 0.835. The molecule has 142 valence electrons. The summed E-state index contributed by atoms with van der Waals surface area (Å²) < 4.78 is 0. The number of hydrogen-bond donors (Lipinski definition) is 1. The quantitative estimate of drug-likeness (QED) is 0.784. The van der Waals surface area contributed by atoms with Crippen LogP contribution in [0.4, 0.5) is 5.69 Å². The second-order valence-corrected chi connectivity index (χ2v) is 9.28. The molecule has 2 aromatic carbocycles. The lowest BCUT2D eigenvalue weighted by Gasteiger charge is -2.52. The molecule has 1 heterocycles. The van der Waals surface area contributed by atoms with Crippen LogP contribution in [-0.4, -0.2) is 24.0 Å². The topological polar surface area (TPSA) is 29.3 Å². The highest BCUT2D eigenvalue weighted by molar-refractivity contribution is 5.44. The third kappa shape index (κ3) is 3.29. The van der Waals surface area contributed by atoms with E-state index >= 15 is 0 Å². The Hall–Kier alpha value is -1.80. The zero-order valence-electron chi connectivity index (χ0n) is 16.4. The minimum Gasteiger partial charge on any atom is -0.399 e. The smallest absolute Gasteiger partial charge is 0.0316 e. The lowest BCUT2D eigenvalue weighted by molar-refractivity contribution is 0.0385. The van der Waals surface area contributed by atoms with Crippen molar-refractivity contribution < 1.29 is 0 Å². The van der Waals surface area contributed by atoms with E-state index in [1.807, 2.05) is 6.07 Å². The average molecular weight is 361 g/mol. The number of piperidine rings is 1. The molecule has 1 aliphatic heterocycles. The molecule has 2 bridgehead atoms. The molecule has 2 heteroatoms. The van der Waals surface area contributed by atoms with E-state index < -0.39 is 0 Å². The number of anilines is 1. The monoisotopic (exact) mass is 360 g/mol. The summed E-state index contributed by atoms with van der Waals surface area (Å²) in [6.07, 6.45) is 10.6. The third-order valence-corrected chi connectivity index (χ3v) is 7.65. The Morgan fingerprint density at radius 2 is 1.89 bits per heavy atom. The van der Waals surface area contributed by atoms with Gasteiger partial charge in [-0.15, -0.1) is 0 Å². The summed E-state index contributed by atoms with van der Waals surface area (Å²) in [4.78, 5) is 2.85. The Labute approximate surface area is 163 Å². The van der Waals surface area contributed by atoms with E-state index in [1.165, 1.54) is 70.0 Å². The van der Waals surface area contributed by atoms with Gasteiger partial charge in [-0.1, -0.05) is 42.8 Å². The zero-order chi connectivity index (χ0) is 18.3. The van der Waals surface area contributed by atoms with Crippen LogP contribution < -0.4 is 5.73 Å². The molecule has 0 aromatic heterocycles. The summed E-state index contributed by atoms with van der Waals surface area (Å²) in [6, 6.07) is 18.6. The van der Waals surface area contributed by atoms with Gasteiger partial charge >= 0.3 is 0 Å². The number of benzene rings is 2. The molecular formula is C25H32N2. The van der Waals surface area contributed by atoms with Crippen LogP contribution in [0.2, 0.25) is 0 Å². The first-order valence-electron chi connectivity index (χ1n) is 10.9. The fourth-order valence-corrected chi connectivity index (χ4v) is 6.19. The molecule has 3 aliphatic rings. The molecule has 2 aromatic rings. The summed E-state index contributed by atoms with van der Waals surface area (Å²) in [5.41, 5.74) is 12.1. The predicted molar refractivity (Wildman–Crippen MR) is 113 cm³/mol. The highest BCUT2D eigenvalue weighted by Crippen LogP contribution is 2.47. The Kier molecular flexibility index (Phi) is 4.47. The molecular weight excluding hydrogens is 328 g/mol. The second-order valence-electron chi connectivity index (χ2n) is 9.28. The molecule has 2 nitrogen and oxygen atoms in total. The zero-order valence-corrected chi connectivity index (χ0v) is 16.4. The van der Waals surface area contributed by atoms with Gasteiger partial charge in [0.25, 0.3) is 0 Å². The number of fused-ring (bicyclic) bond motifs is 3. The van der Waals surface area contributed by atoms with Gasteiger partial charge in [0.2, 0.25) is 0 Å². The van der Waals surface area contributed by atoms with Gasteiger partial charge < -0.3 is 10.6 Å². The molecule has 5 rings (SSSR count). The Balaban J connectivity index is 1.29. The third-order valence-electron chi connectivity index (χ3n) is 7.65. The minimum atomic E-state index is 0.383. The lowest BCUT2D eigenvalue weighted by atomic mass is 9.63. The molecule has 2 fully saturated rings. The van der Waals surface area contributed by atoms with Gasteiger partial charge in [-0.25, -0.2) is 0 Å². The van der Waals surface area contributed by atoms with Gasteiger partial charge in [0.05, 0.1) is 0 Å². The van der Waals surface area contributed by atoms with Gasteiger partial charge in [-0.3, -0.25) is 0 Å². The Morgan fingerprint density at radius 1 is 1.00 bits per heavy atom. The largest absolute Gasteiger partial charge is 0.399 e. The maximum atomic E-state index is 6.11. The summed E-state index contributed by atoms with van der Waals surface area (Å²) >= 11 is 0. The first-order valence-corrected chi connectivity index (χ1v) is 10.9. The SMILES string of the molecule is Nc1cccc(C23CCCC(C2)N(CC2CCc4ccccc4C2)CC3)c1. The molecule has 2 N–H and O–H groups in total. The van der Waals surface area contributed by atoms with Gasteiger partial charge in [-0.05, 0) is 91.6 Å². The summed E-state index contributed by atoms with van der Waals surface area (Å²) in [6.45, 7) is 2.56. The number of nitrogen functional groups attached to an aromatic ring is 1. The normalized spacial score (nSPS) is 30.7. The van der Waals surface area contributed by atoms with Crippen molar-refractivity contribution in [2.75, 3.05) is 18.8 Å². The molecule has 27 heavy (non-hydrogen) atoms. The van der Waals surface area contributed by atoms with Gasteiger partial charge in [0.15, 0.2) is 0 Å². The summed E-state index contributed by atoms with van der Waals surface area (Å²) in [7, 11) is 0. The van der Waals surface area contributed by atoms with Crippen molar-refractivity contribution in [2.24, 2.45) is 5.92 Å².